The van der Waals surface area contributed by atoms with Gasteiger partial charge in [0.25, 0.3) is 0 Å². The van der Waals surface area contributed by atoms with E-state index >= 15 is 0 Å². The summed E-state index contributed by atoms with van der Waals surface area (Å²) in [4.78, 5) is 10.1. The second-order valence-electron chi connectivity index (χ2n) is 2.80. The van der Waals surface area contributed by atoms with E-state index in [1.807, 2.05) is 0 Å². The van der Waals surface area contributed by atoms with Crippen molar-refractivity contribution in [2.75, 3.05) is 11.9 Å². The van der Waals surface area contributed by atoms with Gasteiger partial charge in [-0.3, -0.25) is 10.1 Å². The molecular weight excluding hydrogens is 268 g/mol. The van der Waals surface area contributed by atoms with Crippen LogP contribution >= 0.6 is 27.3 Å². The molecule has 0 radical (unpaired) electrons. The van der Waals surface area contributed by atoms with Gasteiger partial charge in [-0.2, -0.15) is 0 Å². The van der Waals surface area contributed by atoms with E-state index in [2.05, 4.69) is 28.2 Å². The fraction of sp³-hybridized carbons (Fsp3) is 0.500. The first-order valence-electron chi connectivity index (χ1n) is 4.32. The minimum Gasteiger partial charge on any atom is -0.376 e. The van der Waals surface area contributed by atoms with Gasteiger partial charge in [0, 0.05) is 12.6 Å². The molecule has 0 amide bonds. The maximum Gasteiger partial charge on any atom is 0.327 e. The summed E-state index contributed by atoms with van der Waals surface area (Å²) in [7, 11) is 0. The lowest BCUT2D eigenvalue weighted by atomic mass is 10.3. The first kappa shape index (κ1) is 11.5. The third kappa shape index (κ3) is 2.95. The largest absolute Gasteiger partial charge is 0.376 e. The monoisotopic (exact) mass is 278 g/mol. The van der Waals surface area contributed by atoms with E-state index in [-0.39, 0.29) is 9.92 Å². The fourth-order valence-corrected chi connectivity index (χ4v) is 2.49. The molecule has 0 bridgehead atoms. The average Bonchev–Trinajstić information content (AvgIpc) is 2.49. The molecular formula is C8H11BrN2O2S. The molecule has 6 heteroatoms. The predicted molar refractivity (Wildman–Crippen MR) is 62.1 cm³/mol. The van der Waals surface area contributed by atoms with Crippen LogP contribution < -0.4 is 5.32 Å². The number of thiophene rings is 1. The van der Waals surface area contributed by atoms with Gasteiger partial charge in [-0.1, -0.05) is 13.3 Å². The zero-order valence-corrected chi connectivity index (χ0v) is 10.2. The van der Waals surface area contributed by atoms with Crippen LogP contribution in [0.25, 0.3) is 0 Å². The maximum absolute atomic E-state index is 10.5. The van der Waals surface area contributed by atoms with Gasteiger partial charge in [-0.05, 0) is 33.7 Å². The summed E-state index contributed by atoms with van der Waals surface area (Å²) in [5, 5.41) is 14.6. The second-order valence-corrected chi connectivity index (χ2v) is 4.68. The van der Waals surface area contributed by atoms with Crippen LogP contribution in [0.2, 0.25) is 0 Å². The highest BCUT2D eigenvalue weighted by Crippen LogP contribution is 2.37. The van der Waals surface area contributed by atoms with Gasteiger partial charge in [0.05, 0.1) is 9.40 Å². The molecule has 1 heterocycles. The Morgan fingerprint density at radius 2 is 2.43 bits per heavy atom. The molecule has 0 aliphatic carbocycles. The first-order chi connectivity index (χ1) is 6.65. The van der Waals surface area contributed by atoms with Crippen molar-refractivity contribution in [3.63, 3.8) is 0 Å². The normalized spacial score (nSPS) is 10.1. The maximum atomic E-state index is 10.5. The smallest absolute Gasteiger partial charge is 0.327 e. The molecule has 1 N–H and O–H groups in total. The lowest BCUT2D eigenvalue weighted by Gasteiger charge is -2.01. The van der Waals surface area contributed by atoms with E-state index in [1.165, 1.54) is 6.07 Å². The summed E-state index contributed by atoms with van der Waals surface area (Å²) in [5.74, 6) is 0. The molecule has 0 saturated carbocycles. The third-order valence-corrected chi connectivity index (χ3v) is 3.60. The van der Waals surface area contributed by atoms with Crippen molar-refractivity contribution in [1.82, 2.24) is 0 Å². The van der Waals surface area contributed by atoms with E-state index in [0.717, 1.165) is 40.2 Å². The van der Waals surface area contributed by atoms with Gasteiger partial charge in [0.15, 0.2) is 0 Å². The summed E-state index contributed by atoms with van der Waals surface area (Å²) in [6.45, 7) is 2.96. The third-order valence-electron chi connectivity index (χ3n) is 1.67. The lowest BCUT2D eigenvalue weighted by molar-refractivity contribution is -0.380. The molecule has 1 aromatic rings. The van der Waals surface area contributed by atoms with Gasteiger partial charge in [0.2, 0.25) is 0 Å². The van der Waals surface area contributed by atoms with Crippen molar-refractivity contribution in [2.24, 2.45) is 0 Å². The Morgan fingerprint density at radius 3 is 2.93 bits per heavy atom. The molecule has 0 aliphatic rings. The Morgan fingerprint density at radius 1 is 1.71 bits per heavy atom. The van der Waals surface area contributed by atoms with Crippen LogP contribution in [0, 0.1) is 10.1 Å². The SMILES string of the molecule is CCCCNc1sc([N+](=O)[O-])cc1Br. The van der Waals surface area contributed by atoms with Crippen LogP contribution in [0.15, 0.2) is 10.5 Å². The summed E-state index contributed by atoms with van der Waals surface area (Å²) in [6.07, 6.45) is 2.18. The van der Waals surface area contributed by atoms with Crippen LogP contribution in [-0.2, 0) is 0 Å². The quantitative estimate of drug-likeness (QED) is 0.508. The van der Waals surface area contributed by atoms with Crippen molar-refractivity contribution in [1.29, 1.82) is 0 Å². The molecule has 1 aromatic heterocycles. The number of unbranched alkanes of at least 4 members (excludes halogenated alkanes) is 1. The minimum absolute atomic E-state index is 0.163. The molecule has 0 aliphatic heterocycles. The number of halogens is 1. The molecule has 0 unspecified atom stereocenters. The Labute approximate surface area is 94.6 Å². The molecule has 0 saturated heterocycles. The van der Waals surface area contributed by atoms with Gasteiger partial charge in [-0.15, -0.1) is 0 Å². The molecule has 0 spiro atoms. The fourth-order valence-electron chi connectivity index (χ4n) is 0.946. The van der Waals surface area contributed by atoms with Gasteiger partial charge in [-0.25, -0.2) is 0 Å². The van der Waals surface area contributed by atoms with Crippen LogP contribution in [0.1, 0.15) is 19.8 Å². The zero-order chi connectivity index (χ0) is 10.6. The number of hydrogen-bond acceptors (Lipinski definition) is 4. The first-order valence-corrected chi connectivity index (χ1v) is 5.93. The number of nitrogens with one attached hydrogen (secondary N) is 1. The van der Waals surface area contributed by atoms with Gasteiger partial charge in [0.1, 0.15) is 5.00 Å². The number of nitro groups is 1. The summed E-state index contributed by atoms with van der Waals surface area (Å²) < 4.78 is 0.769. The Hall–Kier alpha value is -0.620. The lowest BCUT2D eigenvalue weighted by Crippen LogP contribution is -1.98. The zero-order valence-electron chi connectivity index (χ0n) is 7.75. The second kappa shape index (κ2) is 5.31. The Bertz CT molecular complexity index is 327. The van der Waals surface area contributed by atoms with E-state index < -0.39 is 0 Å². The number of rotatable bonds is 5. The van der Waals surface area contributed by atoms with Crippen molar-refractivity contribution in [3.8, 4) is 0 Å². The molecule has 0 aromatic carbocycles. The standard InChI is InChI=1S/C8H11BrN2O2S/c1-2-3-4-10-8-6(9)5-7(14-8)11(12)13/h5,10H,2-4H2,1H3. The molecule has 78 valence electrons. The van der Waals surface area contributed by atoms with Crippen molar-refractivity contribution in [3.05, 3.63) is 20.7 Å². The van der Waals surface area contributed by atoms with E-state index in [1.54, 1.807) is 0 Å². The summed E-state index contributed by atoms with van der Waals surface area (Å²) in [6, 6.07) is 1.53. The van der Waals surface area contributed by atoms with E-state index in [0.29, 0.717) is 0 Å². The highest BCUT2D eigenvalue weighted by Gasteiger charge is 2.14. The van der Waals surface area contributed by atoms with Crippen LogP contribution in [0.5, 0.6) is 0 Å². The van der Waals surface area contributed by atoms with Crippen molar-refractivity contribution in [2.45, 2.75) is 19.8 Å². The highest BCUT2D eigenvalue weighted by atomic mass is 79.9. The molecule has 14 heavy (non-hydrogen) atoms. The Kier molecular flexibility index (Phi) is 4.34. The molecule has 1 rings (SSSR count). The Balaban J connectivity index is 2.63. The summed E-state index contributed by atoms with van der Waals surface area (Å²) >= 11 is 4.44. The summed E-state index contributed by atoms with van der Waals surface area (Å²) in [5.41, 5.74) is 0. The van der Waals surface area contributed by atoms with Crippen LogP contribution in [0.3, 0.4) is 0 Å². The topological polar surface area (TPSA) is 55.2 Å². The van der Waals surface area contributed by atoms with Crippen molar-refractivity contribution >= 4 is 37.3 Å². The van der Waals surface area contributed by atoms with Gasteiger partial charge >= 0.3 is 5.00 Å². The highest BCUT2D eigenvalue weighted by molar-refractivity contribution is 9.10. The van der Waals surface area contributed by atoms with Gasteiger partial charge < -0.3 is 5.32 Å². The molecule has 4 nitrogen and oxygen atoms in total. The van der Waals surface area contributed by atoms with E-state index in [9.17, 15) is 10.1 Å². The number of hydrogen-bond donors (Lipinski definition) is 1. The van der Waals surface area contributed by atoms with Crippen LogP contribution in [0.4, 0.5) is 10.0 Å². The number of anilines is 1. The predicted octanol–water partition coefficient (Wildman–Crippen LogP) is 3.63. The molecule has 0 atom stereocenters. The number of nitrogens with zero attached hydrogens (tertiary/aromatic N) is 1. The molecule has 0 fully saturated rings. The van der Waals surface area contributed by atoms with Crippen LogP contribution in [-0.4, -0.2) is 11.5 Å². The average molecular weight is 279 g/mol. The minimum atomic E-state index is -0.375. The van der Waals surface area contributed by atoms with E-state index in [4.69, 9.17) is 0 Å². The van der Waals surface area contributed by atoms with Crippen molar-refractivity contribution < 1.29 is 4.92 Å².